The first-order valence-electron chi connectivity index (χ1n) is 13.4. The number of rotatable bonds is 9. The average Bonchev–Trinajstić information content (AvgIpc) is 3.71. The largest absolute Gasteiger partial charge is 0.394 e. The van der Waals surface area contributed by atoms with E-state index in [1.54, 1.807) is 23.6 Å². The number of likely N-dealkylation sites (tertiary alicyclic amines) is 1. The van der Waals surface area contributed by atoms with E-state index < -0.39 is 64.0 Å². The molecule has 1 aliphatic heterocycles. The van der Waals surface area contributed by atoms with Crippen LogP contribution in [0.25, 0.3) is 11.1 Å². The Labute approximate surface area is 255 Å². The van der Waals surface area contributed by atoms with Gasteiger partial charge in [0.1, 0.15) is 11.9 Å². The smallest absolute Gasteiger partial charge is 0.299 e. The molecule has 0 spiro atoms. The highest BCUT2D eigenvalue weighted by molar-refractivity contribution is 7.91. The van der Waals surface area contributed by atoms with Crippen LogP contribution in [-0.2, 0) is 25.3 Å². The standard InChI is InChI=1S/C29H29F2N5O6S2/c1-44(41,42)17-10-23(28(40)35-22(13-37)24-9-16(14-43-24)26(32)33)36(12-17)25(38)11-34-27(39)15-6-7-21-19(8-15)18-4-2-3-5-20(18)29(21,30)31/h2-9,14,17,22-23,37H,10-13H2,1H3,(H3,32,33)(H,34,39)(H,35,40)/t17-,22-,23+/m1/s1. The number of hydrogen-bond acceptors (Lipinski definition) is 8. The summed E-state index contributed by atoms with van der Waals surface area (Å²) in [6.45, 7) is -1.38. The Kier molecular flexibility index (Phi) is 8.31. The van der Waals surface area contributed by atoms with Gasteiger partial charge in [-0.05, 0) is 35.7 Å². The van der Waals surface area contributed by atoms with Crippen LogP contribution in [0.1, 0.15) is 44.4 Å². The summed E-state index contributed by atoms with van der Waals surface area (Å²) in [4.78, 5) is 41.1. The number of sulfone groups is 1. The molecule has 3 atom stereocenters. The Morgan fingerprint density at radius 2 is 1.84 bits per heavy atom. The normalized spacial score (nSPS) is 19.1. The number of thiophene rings is 1. The summed E-state index contributed by atoms with van der Waals surface area (Å²) in [5, 5.41) is 23.1. The van der Waals surface area contributed by atoms with Crippen molar-refractivity contribution in [1.29, 1.82) is 5.41 Å². The molecular formula is C29H29F2N5O6S2. The molecule has 2 aliphatic rings. The molecule has 11 nitrogen and oxygen atoms in total. The van der Waals surface area contributed by atoms with Gasteiger partial charge in [-0.2, -0.15) is 8.78 Å². The lowest BCUT2D eigenvalue weighted by Crippen LogP contribution is -2.49. The van der Waals surface area contributed by atoms with Crippen LogP contribution in [0.15, 0.2) is 53.9 Å². The lowest BCUT2D eigenvalue weighted by atomic mass is 10.0. The fourth-order valence-corrected chi connectivity index (χ4v) is 7.38. The number of nitrogens with zero attached hydrogens (tertiary/aromatic N) is 1. The Bertz CT molecular complexity index is 1780. The molecule has 232 valence electrons. The van der Waals surface area contributed by atoms with E-state index in [1.165, 1.54) is 30.3 Å². The topological polar surface area (TPSA) is 183 Å². The summed E-state index contributed by atoms with van der Waals surface area (Å²) < 4.78 is 54.5. The van der Waals surface area contributed by atoms with Gasteiger partial charge in [0.2, 0.25) is 11.8 Å². The van der Waals surface area contributed by atoms with E-state index >= 15 is 0 Å². The van der Waals surface area contributed by atoms with Gasteiger partial charge in [0.05, 0.1) is 24.4 Å². The van der Waals surface area contributed by atoms with Crippen molar-refractivity contribution in [1.82, 2.24) is 15.5 Å². The zero-order valence-electron chi connectivity index (χ0n) is 23.3. The Morgan fingerprint density at radius 3 is 2.50 bits per heavy atom. The summed E-state index contributed by atoms with van der Waals surface area (Å²) in [7, 11) is -3.65. The predicted octanol–water partition coefficient (Wildman–Crippen LogP) is 1.75. The molecule has 1 aromatic heterocycles. The van der Waals surface area contributed by atoms with Crippen molar-refractivity contribution < 1.29 is 36.7 Å². The van der Waals surface area contributed by atoms with Crippen LogP contribution in [0.3, 0.4) is 0 Å². The van der Waals surface area contributed by atoms with Crippen molar-refractivity contribution in [3.8, 4) is 11.1 Å². The van der Waals surface area contributed by atoms with Crippen LogP contribution in [0, 0.1) is 5.41 Å². The molecule has 0 radical (unpaired) electrons. The third-order valence-electron chi connectivity index (χ3n) is 7.84. The molecule has 3 aromatic rings. The van der Waals surface area contributed by atoms with Gasteiger partial charge in [-0.1, -0.05) is 30.3 Å². The molecule has 5 rings (SSSR count). The summed E-state index contributed by atoms with van der Waals surface area (Å²) >= 11 is 1.16. The number of amidine groups is 1. The summed E-state index contributed by atoms with van der Waals surface area (Å²) in [6, 6.07) is 9.17. The zero-order chi connectivity index (χ0) is 32.0. The minimum atomic E-state index is -3.65. The van der Waals surface area contributed by atoms with Crippen molar-refractivity contribution in [3.05, 3.63) is 81.0 Å². The van der Waals surface area contributed by atoms with Gasteiger partial charge in [0.25, 0.3) is 11.8 Å². The van der Waals surface area contributed by atoms with Gasteiger partial charge in [-0.15, -0.1) is 11.3 Å². The number of carbonyl (C=O) groups excluding carboxylic acids is 3. The van der Waals surface area contributed by atoms with Gasteiger partial charge in [-0.3, -0.25) is 19.8 Å². The van der Waals surface area contributed by atoms with Crippen molar-refractivity contribution in [2.45, 2.75) is 29.7 Å². The highest BCUT2D eigenvalue weighted by atomic mass is 32.2. The second-order valence-electron chi connectivity index (χ2n) is 10.7. The highest BCUT2D eigenvalue weighted by Gasteiger charge is 2.45. The van der Waals surface area contributed by atoms with E-state index in [1.807, 2.05) is 0 Å². The number of benzene rings is 2. The maximum Gasteiger partial charge on any atom is 0.299 e. The van der Waals surface area contributed by atoms with Crippen LogP contribution in [0.2, 0.25) is 0 Å². The highest BCUT2D eigenvalue weighted by Crippen LogP contribution is 2.50. The number of fused-ring (bicyclic) bond motifs is 3. The van der Waals surface area contributed by atoms with Crippen molar-refractivity contribution in [3.63, 3.8) is 0 Å². The Morgan fingerprint density at radius 1 is 1.14 bits per heavy atom. The lowest BCUT2D eigenvalue weighted by Gasteiger charge is -2.26. The molecule has 1 saturated heterocycles. The first kappa shape index (κ1) is 31.2. The van der Waals surface area contributed by atoms with E-state index in [0.29, 0.717) is 16.0 Å². The maximum atomic E-state index is 14.9. The molecule has 0 bridgehead atoms. The fraction of sp³-hybridized carbons (Fsp3) is 0.310. The quantitative estimate of drug-likeness (QED) is 0.173. The second-order valence-corrected chi connectivity index (χ2v) is 14.0. The lowest BCUT2D eigenvalue weighted by molar-refractivity contribution is -0.138. The monoisotopic (exact) mass is 645 g/mol. The number of halogens is 2. The van der Waals surface area contributed by atoms with Gasteiger partial charge in [-0.25, -0.2) is 8.42 Å². The second kappa shape index (κ2) is 11.7. The number of nitrogens with two attached hydrogens (primary N) is 1. The van der Waals surface area contributed by atoms with Crippen molar-refractivity contribution in [2.24, 2.45) is 5.73 Å². The molecular weight excluding hydrogens is 616 g/mol. The van der Waals surface area contributed by atoms with Crippen LogP contribution >= 0.6 is 11.3 Å². The number of carbonyl (C=O) groups is 3. The number of alkyl halides is 2. The first-order chi connectivity index (χ1) is 20.7. The third-order valence-corrected chi connectivity index (χ3v) is 10.4. The van der Waals surface area contributed by atoms with Crippen molar-refractivity contribution >= 4 is 44.7 Å². The molecule has 2 heterocycles. The summed E-state index contributed by atoms with van der Waals surface area (Å²) in [6.07, 6.45) is 0.813. The Balaban J connectivity index is 1.30. The van der Waals surface area contributed by atoms with Crippen LogP contribution < -0.4 is 16.4 Å². The minimum Gasteiger partial charge on any atom is -0.394 e. The summed E-state index contributed by atoms with van der Waals surface area (Å²) in [5.41, 5.74) is 6.06. The SMILES string of the molecule is CS(=O)(=O)[C@@H]1C[C@@H](C(=O)N[C@H](CO)c2cc(C(=N)N)cs2)N(C(=O)CNC(=O)c2ccc3c(c2)-c2ccccc2C3(F)F)C1. The Hall–Kier alpha value is -4.21. The fourth-order valence-electron chi connectivity index (χ4n) is 5.46. The molecule has 15 heteroatoms. The molecule has 0 unspecified atom stereocenters. The number of aliphatic hydroxyl groups excluding tert-OH is 1. The molecule has 2 aromatic carbocycles. The van der Waals surface area contributed by atoms with Crippen LogP contribution in [0.4, 0.5) is 8.78 Å². The van der Waals surface area contributed by atoms with Gasteiger partial charge in [0.15, 0.2) is 9.84 Å². The molecule has 44 heavy (non-hydrogen) atoms. The van der Waals surface area contributed by atoms with Gasteiger partial charge < -0.3 is 26.4 Å². The minimum absolute atomic E-state index is 0.0421. The van der Waals surface area contributed by atoms with E-state index in [9.17, 15) is 36.7 Å². The first-order valence-corrected chi connectivity index (χ1v) is 16.3. The van der Waals surface area contributed by atoms with Crippen LogP contribution in [-0.4, -0.2) is 79.2 Å². The number of aliphatic hydroxyl groups is 1. The van der Waals surface area contributed by atoms with E-state index in [2.05, 4.69) is 10.6 Å². The third kappa shape index (κ3) is 5.81. The number of nitrogen functional groups attached to an aromatic ring is 1. The van der Waals surface area contributed by atoms with Crippen LogP contribution in [0.5, 0.6) is 0 Å². The molecule has 3 amide bonds. The molecule has 1 aliphatic carbocycles. The molecule has 0 saturated carbocycles. The number of nitrogens with one attached hydrogen (secondary N) is 3. The zero-order valence-corrected chi connectivity index (χ0v) is 25.0. The molecule has 6 N–H and O–H groups in total. The number of hydrogen-bond donors (Lipinski definition) is 5. The van der Waals surface area contributed by atoms with E-state index in [-0.39, 0.29) is 41.1 Å². The molecule has 1 fully saturated rings. The predicted molar refractivity (Wildman–Crippen MR) is 159 cm³/mol. The van der Waals surface area contributed by atoms with E-state index in [4.69, 9.17) is 11.1 Å². The van der Waals surface area contributed by atoms with Gasteiger partial charge >= 0.3 is 0 Å². The van der Waals surface area contributed by atoms with Gasteiger partial charge in [0, 0.05) is 45.3 Å². The van der Waals surface area contributed by atoms with Crippen molar-refractivity contribution in [2.75, 3.05) is 26.0 Å². The van der Waals surface area contributed by atoms with E-state index in [0.717, 1.165) is 22.5 Å². The number of amides is 3. The maximum absolute atomic E-state index is 14.9. The summed E-state index contributed by atoms with van der Waals surface area (Å²) in [5.74, 6) is -5.55. The average molecular weight is 646 g/mol.